The summed E-state index contributed by atoms with van der Waals surface area (Å²) in [5, 5.41) is 3.12. The molecule has 0 unspecified atom stereocenters. The number of alkyl carbamates (subject to hydrolysis) is 1. The molecule has 0 spiro atoms. The molecule has 1 aliphatic rings. The van der Waals surface area contributed by atoms with Crippen molar-refractivity contribution in [3.05, 3.63) is 210 Å². The predicted octanol–water partition coefficient (Wildman–Crippen LogP) is 9.36. The first-order valence-electron chi connectivity index (χ1n) is 18.1. The minimum atomic E-state index is -0.615. The number of hydrogen-bond acceptors (Lipinski definition) is 4. The second kappa shape index (κ2) is 15.1. The Bertz CT molecular complexity index is 2060. The zero-order valence-corrected chi connectivity index (χ0v) is 29.1. The number of rotatable bonds is 10. The van der Waals surface area contributed by atoms with Crippen molar-refractivity contribution in [2.24, 2.45) is 0 Å². The fourth-order valence-electron chi connectivity index (χ4n) is 7.78. The van der Waals surface area contributed by atoms with Gasteiger partial charge >= 0.3 is 6.09 Å². The fourth-order valence-corrected chi connectivity index (χ4v) is 7.78. The standard InChI is InChI=1S/C46H42N4O2/c51-45(48-44(36-16-6-1-7-17-36)37-18-8-2-9-19-37)52-41-28-30-49(31-29-41)33-35-26-27-43-42(32-35)47-34-50(43)46(38-20-10-3-11-21-38,39-22-12-4-13-23-39)40-24-14-5-15-25-40/h1-27,32,34,41,44H,28-31,33H2,(H,48,51). The zero-order valence-electron chi connectivity index (χ0n) is 29.1. The van der Waals surface area contributed by atoms with E-state index in [0.717, 1.165) is 54.6 Å². The Labute approximate surface area is 305 Å². The summed E-state index contributed by atoms with van der Waals surface area (Å²) in [6.07, 6.45) is 3.08. The number of carbonyl (C=O) groups excluding carboxylic acids is 1. The molecule has 0 saturated carbocycles. The monoisotopic (exact) mass is 682 g/mol. The molecule has 6 nitrogen and oxygen atoms in total. The summed E-state index contributed by atoms with van der Waals surface area (Å²) < 4.78 is 8.31. The Balaban J connectivity index is 0.979. The molecule has 0 bridgehead atoms. The molecule has 8 rings (SSSR count). The number of carbonyl (C=O) groups is 1. The number of benzene rings is 6. The van der Waals surface area contributed by atoms with Crippen LogP contribution in [0, 0.1) is 0 Å². The number of hydrogen-bond donors (Lipinski definition) is 1. The Morgan fingerprint density at radius 2 is 1.15 bits per heavy atom. The van der Waals surface area contributed by atoms with Gasteiger partial charge in [-0.1, -0.05) is 158 Å². The molecular weight excluding hydrogens is 641 g/mol. The molecule has 1 saturated heterocycles. The maximum Gasteiger partial charge on any atom is 0.408 e. The number of ether oxygens (including phenoxy) is 1. The van der Waals surface area contributed by atoms with Gasteiger partial charge in [0, 0.05) is 19.6 Å². The molecule has 1 aromatic heterocycles. The van der Waals surface area contributed by atoms with Gasteiger partial charge in [0.2, 0.25) is 0 Å². The maximum absolute atomic E-state index is 13.2. The van der Waals surface area contributed by atoms with Crippen molar-refractivity contribution in [3.63, 3.8) is 0 Å². The van der Waals surface area contributed by atoms with Crippen LogP contribution < -0.4 is 5.32 Å². The highest BCUT2D eigenvalue weighted by molar-refractivity contribution is 5.78. The fraction of sp³-hybridized carbons (Fsp3) is 0.174. The lowest BCUT2D eigenvalue weighted by Crippen LogP contribution is -2.40. The van der Waals surface area contributed by atoms with E-state index in [9.17, 15) is 4.79 Å². The lowest BCUT2D eigenvalue weighted by atomic mass is 9.76. The molecule has 258 valence electrons. The van der Waals surface area contributed by atoms with Gasteiger partial charge in [-0.2, -0.15) is 0 Å². The van der Waals surface area contributed by atoms with E-state index in [4.69, 9.17) is 9.72 Å². The minimum absolute atomic E-state index is 0.122. The van der Waals surface area contributed by atoms with E-state index < -0.39 is 5.54 Å². The molecule has 0 atom stereocenters. The largest absolute Gasteiger partial charge is 0.446 e. The Hall–Kier alpha value is -5.98. The van der Waals surface area contributed by atoms with Crippen molar-refractivity contribution in [1.29, 1.82) is 0 Å². The van der Waals surface area contributed by atoms with E-state index in [1.165, 1.54) is 22.3 Å². The van der Waals surface area contributed by atoms with Crippen molar-refractivity contribution in [1.82, 2.24) is 19.8 Å². The highest BCUT2D eigenvalue weighted by Crippen LogP contribution is 2.42. The Morgan fingerprint density at radius 1 is 0.673 bits per heavy atom. The van der Waals surface area contributed by atoms with Crippen LogP contribution >= 0.6 is 0 Å². The molecule has 1 fully saturated rings. The third-order valence-corrected chi connectivity index (χ3v) is 10.3. The van der Waals surface area contributed by atoms with Gasteiger partial charge in [-0.25, -0.2) is 9.78 Å². The zero-order chi connectivity index (χ0) is 35.2. The molecule has 2 heterocycles. The van der Waals surface area contributed by atoms with Gasteiger partial charge in [-0.05, 0) is 58.4 Å². The Kier molecular flexibility index (Phi) is 9.63. The molecule has 1 N–H and O–H groups in total. The average molecular weight is 683 g/mol. The summed E-state index contributed by atoms with van der Waals surface area (Å²) >= 11 is 0. The van der Waals surface area contributed by atoms with Crippen molar-refractivity contribution in [2.45, 2.75) is 37.1 Å². The normalized spacial score (nSPS) is 14.0. The van der Waals surface area contributed by atoms with Crippen LogP contribution in [0.3, 0.4) is 0 Å². The Morgan fingerprint density at radius 3 is 1.65 bits per heavy atom. The number of aromatic nitrogens is 2. The number of fused-ring (bicyclic) bond motifs is 1. The first kappa shape index (κ1) is 33.2. The average Bonchev–Trinajstić information content (AvgIpc) is 3.63. The second-order valence-electron chi connectivity index (χ2n) is 13.5. The van der Waals surface area contributed by atoms with Gasteiger partial charge in [-0.15, -0.1) is 0 Å². The van der Waals surface area contributed by atoms with Crippen LogP contribution in [0.15, 0.2) is 176 Å². The van der Waals surface area contributed by atoms with Crippen LogP contribution in [0.2, 0.25) is 0 Å². The third-order valence-electron chi connectivity index (χ3n) is 10.3. The molecule has 6 heteroatoms. The van der Waals surface area contributed by atoms with E-state index in [0.29, 0.717) is 0 Å². The number of amides is 1. The molecular formula is C46H42N4O2. The number of imidazole rings is 1. The van der Waals surface area contributed by atoms with E-state index in [2.05, 4.69) is 124 Å². The van der Waals surface area contributed by atoms with Gasteiger partial charge in [0.05, 0.1) is 23.4 Å². The summed E-state index contributed by atoms with van der Waals surface area (Å²) in [5.74, 6) is 0. The number of nitrogens with zero attached hydrogens (tertiary/aromatic N) is 3. The first-order chi connectivity index (χ1) is 25.7. The smallest absolute Gasteiger partial charge is 0.408 e. The number of nitrogens with one attached hydrogen (secondary N) is 1. The van der Waals surface area contributed by atoms with Gasteiger partial charge in [0.15, 0.2) is 0 Å². The SMILES string of the molecule is O=C(NC(c1ccccc1)c1ccccc1)OC1CCN(Cc2ccc3c(c2)ncn3C(c2ccccc2)(c2ccccc2)c2ccccc2)CC1. The molecule has 7 aromatic rings. The van der Waals surface area contributed by atoms with Crippen LogP contribution in [0.1, 0.15) is 52.3 Å². The van der Waals surface area contributed by atoms with Gasteiger partial charge in [0.25, 0.3) is 0 Å². The summed E-state index contributed by atoms with van der Waals surface area (Å²) in [7, 11) is 0. The molecule has 1 aliphatic heterocycles. The quantitative estimate of drug-likeness (QED) is 0.146. The summed E-state index contributed by atoms with van der Waals surface area (Å²) in [5.41, 5.74) is 8.19. The third kappa shape index (κ3) is 6.73. The van der Waals surface area contributed by atoms with Crippen LogP contribution in [0.4, 0.5) is 4.79 Å². The minimum Gasteiger partial charge on any atom is -0.446 e. The topological polar surface area (TPSA) is 59.4 Å². The molecule has 0 aliphatic carbocycles. The van der Waals surface area contributed by atoms with Crippen molar-refractivity contribution < 1.29 is 9.53 Å². The van der Waals surface area contributed by atoms with E-state index in [1.54, 1.807) is 0 Å². The van der Waals surface area contributed by atoms with E-state index >= 15 is 0 Å². The first-order valence-corrected chi connectivity index (χ1v) is 18.1. The van der Waals surface area contributed by atoms with Crippen LogP contribution in [-0.2, 0) is 16.8 Å². The van der Waals surface area contributed by atoms with Crippen molar-refractivity contribution in [2.75, 3.05) is 13.1 Å². The highest BCUT2D eigenvalue weighted by Gasteiger charge is 2.39. The van der Waals surface area contributed by atoms with E-state index in [1.807, 2.05) is 67.0 Å². The summed E-state index contributed by atoms with van der Waals surface area (Å²) in [4.78, 5) is 20.6. The molecule has 6 aromatic carbocycles. The lowest BCUT2D eigenvalue weighted by molar-refractivity contribution is 0.0476. The number of piperidine rings is 1. The highest BCUT2D eigenvalue weighted by atomic mass is 16.6. The molecule has 0 radical (unpaired) electrons. The van der Waals surface area contributed by atoms with Crippen molar-refractivity contribution in [3.8, 4) is 0 Å². The van der Waals surface area contributed by atoms with Crippen LogP contribution in [-0.4, -0.2) is 39.7 Å². The predicted molar refractivity (Wildman–Crippen MR) is 207 cm³/mol. The van der Waals surface area contributed by atoms with Crippen molar-refractivity contribution >= 4 is 17.1 Å². The number of likely N-dealkylation sites (tertiary alicyclic amines) is 1. The second-order valence-corrected chi connectivity index (χ2v) is 13.5. The van der Waals surface area contributed by atoms with Gasteiger partial charge in [0.1, 0.15) is 11.6 Å². The van der Waals surface area contributed by atoms with Gasteiger partial charge < -0.3 is 14.6 Å². The van der Waals surface area contributed by atoms with Gasteiger partial charge in [-0.3, -0.25) is 4.90 Å². The summed E-state index contributed by atoms with van der Waals surface area (Å²) in [6, 6.07) is 58.6. The van der Waals surface area contributed by atoms with Crippen LogP contribution in [0.25, 0.3) is 11.0 Å². The summed E-state index contributed by atoms with van der Waals surface area (Å²) in [6.45, 7) is 2.52. The molecule has 1 amide bonds. The maximum atomic E-state index is 13.2. The lowest BCUT2D eigenvalue weighted by Gasteiger charge is -2.38. The molecule has 52 heavy (non-hydrogen) atoms. The van der Waals surface area contributed by atoms with Crippen LogP contribution in [0.5, 0.6) is 0 Å². The van der Waals surface area contributed by atoms with E-state index in [-0.39, 0.29) is 18.2 Å².